The van der Waals surface area contributed by atoms with Gasteiger partial charge in [-0.05, 0) is 31.0 Å². The van der Waals surface area contributed by atoms with Crippen molar-refractivity contribution >= 4 is 15.7 Å². The first-order valence-electron chi connectivity index (χ1n) is 6.54. The van der Waals surface area contributed by atoms with E-state index in [1.807, 2.05) is 12.1 Å². The van der Waals surface area contributed by atoms with Crippen molar-refractivity contribution in [1.82, 2.24) is 9.78 Å². The van der Waals surface area contributed by atoms with Crippen molar-refractivity contribution in [1.29, 1.82) is 0 Å². The van der Waals surface area contributed by atoms with Crippen LogP contribution in [0.2, 0.25) is 0 Å². The lowest BCUT2D eigenvalue weighted by Gasteiger charge is -2.07. The Morgan fingerprint density at radius 1 is 1.25 bits per heavy atom. The third kappa shape index (κ3) is 3.19. The molecule has 0 unspecified atom stereocenters. The maximum atomic E-state index is 12.3. The molecule has 0 bridgehead atoms. The summed E-state index contributed by atoms with van der Waals surface area (Å²) in [4.78, 5) is 0.264. The molecule has 1 N–H and O–H groups in total. The van der Waals surface area contributed by atoms with E-state index in [2.05, 4.69) is 16.7 Å². The van der Waals surface area contributed by atoms with Gasteiger partial charge in [0.15, 0.2) is 0 Å². The molecule has 108 valence electrons. The predicted octanol–water partition coefficient (Wildman–Crippen LogP) is 2.48. The number of hydrogen-bond acceptors (Lipinski definition) is 3. The van der Waals surface area contributed by atoms with Gasteiger partial charge < -0.3 is 0 Å². The van der Waals surface area contributed by atoms with Gasteiger partial charge in [0.2, 0.25) is 0 Å². The van der Waals surface area contributed by atoms with Crippen molar-refractivity contribution in [3.8, 4) is 0 Å². The Morgan fingerprint density at radius 2 is 1.90 bits per heavy atom. The molecule has 0 aliphatic heterocycles. The van der Waals surface area contributed by atoms with E-state index in [0.717, 1.165) is 18.4 Å². The molecule has 0 radical (unpaired) electrons. The molecule has 0 atom stereocenters. The Labute approximate surface area is 119 Å². The van der Waals surface area contributed by atoms with Gasteiger partial charge in [-0.1, -0.05) is 25.5 Å². The van der Waals surface area contributed by atoms with Gasteiger partial charge in [-0.3, -0.25) is 9.40 Å². The molecule has 1 aromatic carbocycles. The van der Waals surface area contributed by atoms with Crippen molar-refractivity contribution in [2.24, 2.45) is 7.05 Å². The van der Waals surface area contributed by atoms with E-state index >= 15 is 0 Å². The SMILES string of the molecule is CCCc1ccc(S(=O)(=O)Nc2cn(C)nc2C)cc1. The van der Waals surface area contributed by atoms with E-state index in [4.69, 9.17) is 0 Å². The lowest BCUT2D eigenvalue weighted by atomic mass is 10.1. The van der Waals surface area contributed by atoms with Crippen LogP contribution in [0.1, 0.15) is 24.6 Å². The van der Waals surface area contributed by atoms with Crippen LogP contribution in [0.3, 0.4) is 0 Å². The molecule has 2 aromatic rings. The predicted molar refractivity (Wildman–Crippen MR) is 79.2 cm³/mol. The molecular weight excluding hydrogens is 274 g/mol. The van der Waals surface area contributed by atoms with Gasteiger partial charge in [0.25, 0.3) is 10.0 Å². The number of benzene rings is 1. The van der Waals surface area contributed by atoms with E-state index in [0.29, 0.717) is 11.4 Å². The maximum absolute atomic E-state index is 12.3. The minimum absolute atomic E-state index is 0.264. The van der Waals surface area contributed by atoms with Gasteiger partial charge in [-0.2, -0.15) is 5.10 Å². The van der Waals surface area contributed by atoms with Crippen LogP contribution in [-0.2, 0) is 23.5 Å². The van der Waals surface area contributed by atoms with Crippen LogP contribution in [0, 0.1) is 6.92 Å². The van der Waals surface area contributed by atoms with Crippen molar-refractivity contribution in [3.05, 3.63) is 41.7 Å². The second kappa shape index (κ2) is 5.66. The normalized spacial score (nSPS) is 11.6. The Balaban J connectivity index is 2.24. The molecule has 0 aliphatic carbocycles. The van der Waals surface area contributed by atoms with Gasteiger partial charge >= 0.3 is 0 Å². The third-order valence-corrected chi connectivity index (χ3v) is 4.41. The number of sulfonamides is 1. The largest absolute Gasteiger partial charge is 0.276 e. The highest BCUT2D eigenvalue weighted by atomic mass is 32.2. The molecule has 0 saturated heterocycles. The summed E-state index contributed by atoms with van der Waals surface area (Å²) in [5, 5.41) is 4.12. The summed E-state index contributed by atoms with van der Waals surface area (Å²) in [7, 11) is -1.80. The fourth-order valence-electron chi connectivity index (χ4n) is 2.03. The van der Waals surface area contributed by atoms with Crippen LogP contribution in [0.25, 0.3) is 0 Å². The van der Waals surface area contributed by atoms with Gasteiger partial charge in [-0.25, -0.2) is 8.42 Å². The molecule has 20 heavy (non-hydrogen) atoms. The van der Waals surface area contributed by atoms with Crippen LogP contribution in [0.15, 0.2) is 35.4 Å². The van der Waals surface area contributed by atoms with Crippen LogP contribution in [-0.4, -0.2) is 18.2 Å². The van der Waals surface area contributed by atoms with Crippen LogP contribution in [0.5, 0.6) is 0 Å². The topological polar surface area (TPSA) is 64.0 Å². The summed E-state index contributed by atoms with van der Waals surface area (Å²) in [6.07, 6.45) is 3.65. The standard InChI is InChI=1S/C14H19N3O2S/c1-4-5-12-6-8-13(9-7-12)20(18,19)16-14-10-17(3)15-11(14)2/h6-10,16H,4-5H2,1-3H3. The molecule has 0 spiro atoms. The summed E-state index contributed by atoms with van der Waals surface area (Å²) in [5.74, 6) is 0. The zero-order valence-corrected chi connectivity index (χ0v) is 12.7. The van der Waals surface area contributed by atoms with Crippen LogP contribution < -0.4 is 4.72 Å². The fourth-order valence-corrected chi connectivity index (χ4v) is 3.13. The zero-order valence-electron chi connectivity index (χ0n) is 11.9. The molecule has 0 saturated carbocycles. The molecule has 1 heterocycles. The third-order valence-electron chi connectivity index (χ3n) is 3.03. The van der Waals surface area contributed by atoms with Crippen LogP contribution in [0.4, 0.5) is 5.69 Å². The Morgan fingerprint density at radius 3 is 2.40 bits per heavy atom. The summed E-state index contributed by atoms with van der Waals surface area (Å²) in [6, 6.07) is 6.99. The smallest absolute Gasteiger partial charge is 0.262 e. The number of nitrogens with one attached hydrogen (secondary N) is 1. The van der Waals surface area contributed by atoms with Gasteiger partial charge in [-0.15, -0.1) is 0 Å². The number of nitrogens with zero attached hydrogens (tertiary/aromatic N) is 2. The highest BCUT2D eigenvalue weighted by Gasteiger charge is 2.16. The van der Waals surface area contributed by atoms with Gasteiger partial charge in [0.05, 0.1) is 16.3 Å². The molecule has 5 nitrogen and oxygen atoms in total. The van der Waals surface area contributed by atoms with Crippen LogP contribution >= 0.6 is 0 Å². The van der Waals surface area contributed by atoms with Crippen molar-refractivity contribution in [3.63, 3.8) is 0 Å². The number of aromatic nitrogens is 2. The van der Waals surface area contributed by atoms with Gasteiger partial charge in [0.1, 0.15) is 0 Å². The highest BCUT2D eigenvalue weighted by molar-refractivity contribution is 7.92. The molecule has 2 rings (SSSR count). The number of hydrogen-bond donors (Lipinski definition) is 1. The average Bonchev–Trinajstić information content (AvgIpc) is 2.68. The van der Waals surface area contributed by atoms with E-state index in [1.54, 1.807) is 37.0 Å². The second-order valence-corrected chi connectivity index (χ2v) is 6.48. The monoisotopic (exact) mass is 293 g/mol. The number of anilines is 1. The summed E-state index contributed by atoms with van der Waals surface area (Å²) >= 11 is 0. The van der Waals surface area contributed by atoms with Crippen molar-refractivity contribution in [2.45, 2.75) is 31.6 Å². The highest BCUT2D eigenvalue weighted by Crippen LogP contribution is 2.19. The van der Waals surface area contributed by atoms with E-state index in [9.17, 15) is 8.42 Å². The molecule has 0 fully saturated rings. The molecular formula is C14H19N3O2S. The summed E-state index contributed by atoms with van der Waals surface area (Å²) < 4.78 is 28.7. The van der Waals surface area contributed by atoms with E-state index < -0.39 is 10.0 Å². The minimum atomic E-state index is -3.56. The summed E-state index contributed by atoms with van der Waals surface area (Å²) in [6.45, 7) is 3.86. The minimum Gasteiger partial charge on any atom is -0.276 e. The quantitative estimate of drug-likeness (QED) is 0.921. The first kappa shape index (κ1) is 14.6. The average molecular weight is 293 g/mol. The Hall–Kier alpha value is -1.82. The first-order chi connectivity index (χ1) is 9.42. The van der Waals surface area contributed by atoms with Crippen molar-refractivity contribution < 1.29 is 8.42 Å². The lowest BCUT2D eigenvalue weighted by Crippen LogP contribution is -2.13. The number of aryl methyl sites for hydroxylation is 3. The van der Waals surface area contributed by atoms with E-state index in [-0.39, 0.29) is 4.90 Å². The summed E-state index contributed by atoms with van der Waals surface area (Å²) in [5.41, 5.74) is 2.30. The zero-order chi connectivity index (χ0) is 14.8. The van der Waals surface area contributed by atoms with Gasteiger partial charge in [0, 0.05) is 13.2 Å². The molecule has 1 aromatic heterocycles. The molecule has 0 aliphatic rings. The second-order valence-electron chi connectivity index (χ2n) is 4.80. The molecule has 0 amide bonds. The Kier molecular flexibility index (Phi) is 4.13. The lowest BCUT2D eigenvalue weighted by molar-refractivity contribution is 0.601. The Bertz CT molecular complexity index is 688. The fraction of sp³-hybridized carbons (Fsp3) is 0.357. The molecule has 6 heteroatoms. The maximum Gasteiger partial charge on any atom is 0.262 e. The van der Waals surface area contributed by atoms with E-state index in [1.165, 1.54) is 0 Å². The van der Waals surface area contributed by atoms with Crippen molar-refractivity contribution in [2.75, 3.05) is 4.72 Å². The first-order valence-corrected chi connectivity index (χ1v) is 8.02. The number of rotatable bonds is 5.